The maximum atomic E-state index is 13.4. The summed E-state index contributed by atoms with van der Waals surface area (Å²) in [4.78, 5) is 1.93. The first-order chi connectivity index (χ1) is 11.1. The van der Waals surface area contributed by atoms with Gasteiger partial charge in [0.05, 0.1) is 18.9 Å². The number of ether oxygens (including phenoxy) is 2. The molecule has 1 fully saturated rings. The van der Waals surface area contributed by atoms with Crippen LogP contribution in [0, 0.1) is 5.82 Å². The summed E-state index contributed by atoms with van der Waals surface area (Å²) in [6, 6.07) is 6.01. The van der Waals surface area contributed by atoms with Crippen molar-refractivity contribution in [3.8, 4) is 23.0 Å². The third kappa shape index (κ3) is 2.35. The van der Waals surface area contributed by atoms with E-state index >= 15 is 0 Å². The van der Waals surface area contributed by atoms with Crippen LogP contribution in [-0.2, 0) is 11.2 Å². The molecule has 0 saturated carbocycles. The predicted octanol–water partition coefficient (Wildman–Crippen LogP) is 2.77. The van der Waals surface area contributed by atoms with Gasteiger partial charge in [0.2, 0.25) is 0 Å². The zero-order valence-electron chi connectivity index (χ0n) is 12.4. The van der Waals surface area contributed by atoms with E-state index in [4.69, 9.17) is 9.47 Å². The largest absolute Gasteiger partial charge is 0.504 e. The number of phenols is 2. The van der Waals surface area contributed by atoms with Gasteiger partial charge in [-0.15, -0.1) is 0 Å². The molecule has 1 saturated heterocycles. The van der Waals surface area contributed by atoms with E-state index in [1.807, 2.05) is 4.90 Å². The molecule has 0 aromatic heterocycles. The number of anilines is 1. The molecule has 0 unspecified atom stereocenters. The van der Waals surface area contributed by atoms with Crippen LogP contribution in [0.4, 0.5) is 10.1 Å². The van der Waals surface area contributed by atoms with Crippen molar-refractivity contribution in [2.45, 2.75) is 6.42 Å². The number of fused-ring (bicyclic) bond motifs is 2. The quantitative estimate of drug-likeness (QED) is 0.676. The molecule has 0 radical (unpaired) electrons. The fourth-order valence-corrected chi connectivity index (χ4v) is 3.05. The predicted molar refractivity (Wildman–Crippen MR) is 82.1 cm³/mol. The second-order valence-electron chi connectivity index (χ2n) is 5.70. The van der Waals surface area contributed by atoms with Gasteiger partial charge in [-0.3, -0.25) is 0 Å². The highest BCUT2D eigenvalue weighted by Gasteiger charge is 2.27. The summed E-state index contributed by atoms with van der Waals surface area (Å²) in [5, 5.41) is 20.7. The van der Waals surface area contributed by atoms with Crippen LogP contribution in [0.5, 0.6) is 23.0 Å². The van der Waals surface area contributed by atoms with Crippen molar-refractivity contribution in [2.75, 3.05) is 31.2 Å². The number of hydrogen-bond donors (Lipinski definition) is 2. The van der Waals surface area contributed by atoms with Gasteiger partial charge >= 0.3 is 0 Å². The fraction of sp³-hybridized carbons (Fsp3) is 0.294. The molecule has 2 N–H and O–H groups in total. The standard InChI is InChI=1S/C17H16FNO4/c18-11-2-1-10-7-12-15(23-14(10)8-11)9-13(17(21)16(12)20)19-3-5-22-6-4-19/h1-2,8-9,20-21H,3-7H2. The second-order valence-corrected chi connectivity index (χ2v) is 5.70. The Morgan fingerprint density at radius 1 is 1.00 bits per heavy atom. The molecule has 2 aliphatic heterocycles. The Bertz CT molecular complexity index is 772. The third-order valence-electron chi connectivity index (χ3n) is 4.29. The first-order valence-electron chi connectivity index (χ1n) is 7.50. The molecule has 4 rings (SSSR count). The van der Waals surface area contributed by atoms with Crippen molar-refractivity contribution < 1.29 is 24.1 Å². The first kappa shape index (κ1) is 14.1. The van der Waals surface area contributed by atoms with E-state index in [1.54, 1.807) is 12.1 Å². The van der Waals surface area contributed by atoms with E-state index in [2.05, 4.69) is 0 Å². The lowest BCUT2D eigenvalue weighted by atomic mass is 9.98. The first-order valence-corrected chi connectivity index (χ1v) is 7.50. The van der Waals surface area contributed by atoms with E-state index in [0.29, 0.717) is 55.5 Å². The number of halogens is 1. The van der Waals surface area contributed by atoms with Gasteiger partial charge < -0.3 is 24.6 Å². The lowest BCUT2D eigenvalue weighted by Crippen LogP contribution is -2.36. The van der Waals surface area contributed by atoms with Crippen LogP contribution in [0.3, 0.4) is 0 Å². The normalized spacial score (nSPS) is 16.5. The van der Waals surface area contributed by atoms with Crippen LogP contribution < -0.4 is 9.64 Å². The second kappa shape index (κ2) is 5.31. The molecule has 23 heavy (non-hydrogen) atoms. The highest BCUT2D eigenvalue weighted by atomic mass is 19.1. The lowest BCUT2D eigenvalue weighted by molar-refractivity contribution is 0.122. The molecule has 0 amide bonds. The van der Waals surface area contributed by atoms with E-state index in [9.17, 15) is 14.6 Å². The minimum atomic E-state index is -0.372. The zero-order valence-corrected chi connectivity index (χ0v) is 12.4. The van der Waals surface area contributed by atoms with E-state index < -0.39 is 0 Å². The number of morpholine rings is 1. The van der Waals surface area contributed by atoms with Gasteiger partial charge in [-0.05, 0) is 11.6 Å². The van der Waals surface area contributed by atoms with Gasteiger partial charge in [-0.1, -0.05) is 6.07 Å². The minimum absolute atomic E-state index is 0.153. The van der Waals surface area contributed by atoms with Crippen molar-refractivity contribution in [1.29, 1.82) is 0 Å². The van der Waals surface area contributed by atoms with Crippen LogP contribution in [0.25, 0.3) is 0 Å². The van der Waals surface area contributed by atoms with Gasteiger partial charge in [0, 0.05) is 37.2 Å². The maximum Gasteiger partial charge on any atom is 0.181 e. The van der Waals surface area contributed by atoms with Crippen LogP contribution in [-0.4, -0.2) is 36.5 Å². The molecule has 0 bridgehead atoms. The summed E-state index contributed by atoms with van der Waals surface area (Å²) < 4.78 is 24.5. The molecule has 5 nitrogen and oxygen atoms in total. The SMILES string of the molecule is Oc1c(N2CCOCC2)cc2c(c1O)Cc1ccc(F)cc1O2. The lowest BCUT2D eigenvalue weighted by Gasteiger charge is -2.31. The van der Waals surface area contributed by atoms with Crippen molar-refractivity contribution in [3.63, 3.8) is 0 Å². The molecule has 2 aliphatic rings. The molecule has 0 spiro atoms. The van der Waals surface area contributed by atoms with Crippen LogP contribution in [0.15, 0.2) is 24.3 Å². The van der Waals surface area contributed by atoms with Gasteiger partial charge in [-0.25, -0.2) is 4.39 Å². The Balaban J connectivity index is 1.77. The molecule has 0 aliphatic carbocycles. The zero-order chi connectivity index (χ0) is 16.0. The summed E-state index contributed by atoms with van der Waals surface area (Å²) in [6.45, 7) is 2.37. The van der Waals surface area contributed by atoms with E-state index in [1.165, 1.54) is 12.1 Å². The summed E-state index contributed by atoms with van der Waals surface area (Å²) >= 11 is 0. The molecular weight excluding hydrogens is 301 g/mol. The third-order valence-corrected chi connectivity index (χ3v) is 4.29. The Labute approximate surface area is 132 Å². The molecule has 0 atom stereocenters. The number of hydrogen-bond acceptors (Lipinski definition) is 5. The van der Waals surface area contributed by atoms with Crippen molar-refractivity contribution >= 4 is 5.69 Å². The Morgan fingerprint density at radius 3 is 2.57 bits per heavy atom. The number of aromatic hydroxyl groups is 2. The molecule has 6 heteroatoms. The smallest absolute Gasteiger partial charge is 0.181 e. The topological polar surface area (TPSA) is 62.2 Å². The number of benzene rings is 2. The van der Waals surface area contributed by atoms with Gasteiger partial charge in [-0.2, -0.15) is 0 Å². The van der Waals surface area contributed by atoms with Crippen molar-refractivity contribution in [3.05, 3.63) is 41.2 Å². The number of nitrogens with zero attached hydrogens (tertiary/aromatic N) is 1. The van der Waals surface area contributed by atoms with Crippen molar-refractivity contribution in [2.24, 2.45) is 0 Å². The Kier molecular flexibility index (Phi) is 3.27. The number of rotatable bonds is 1. The van der Waals surface area contributed by atoms with Gasteiger partial charge in [0.25, 0.3) is 0 Å². The van der Waals surface area contributed by atoms with Gasteiger partial charge in [0.15, 0.2) is 11.5 Å². The van der Waals surface area contributed by atoms with Crippen LogP contribution in [0.2, 0.25) is 0 Å². The molecule has 120 valence electrons. The Morgan fingerprint density at radius 2 is 1.78 bits per heavy atom. The van der Waals surface area contributed by atoms with E-state index in [0.717, 1.165) is 5.56 Å². The van der Waals surface area contributed by atoms with Crippen LogP contribution >= 0.6 is 0 Å². The summed E-state index contributed by atoms with van der Waals surface area (Å²) in [7, 11) is 0. The molecule has 2 aromatic carbocycles. The highest BCUT2D eigenvalue weighted by Crippen LogP contribution is 2.49. The highest BCUT2D eigenvalue weighted by molar-refractivity contribution is 5.72. The van der Waals surface area contributed by atoms with Crippen molar-refractivity contribution in [1.82, 2.24) is 0 Å². The van der Waals surface area contributed by atoms with E-state index in [-0.39, 0.29) is 17.3 Å². The minimum Gasteiger partial charge on any atom is -0.504 e. The molecule has 2 heterocycles. The summed E-state index contributed by atoms with van der Waals surface area (Å²) in [5.41, 5.74) is 1.79. The summed E-state index contributed by atoms with van der Waals surface area (Å²) in [5.74, 6) is 0.179. The summed E-state index contributed by atoms with van der Waals surface area (Å²) in [6.07, 6.45) is 0.383. The molecular formula is C17H16FNO4. The average Bonchev–Trinajstić information content (AvgIpc) is 2.57. The number of phenolic OH excluding ortho intramolecular Hbond substituents is 2. The fourth-order valence-electron chi connectivity index (χ4n) is 3.05. The molecule has 2 aromatic rings. The maximum absolute atomic E-state index is 13.4. The van der Waals surface area contributed by atoms with Crippen LogP contribution in [0.1, 0.15) is 11.1 Å². The van der Waals surface area contributed by atoms with Gasteiger partial charge in [0.1, 0.15) is 17.3 Å². The monoisotopic (exact) mass is 317 g/mol. The Hall–Kier alpha value is -2.47. The average molecular weight is 317 g/mol.